The normalized spacial score (nSPS) is 21.6. The van der Waals surface area contributed by atoms with E-state index in [4.69, 9.17) is 0 Å². The van der Waals surface area contributed by atoms with Gasteiger partial charge in [-0.3, -0.25) is 14.7 Å². The second-order valence-electron chi connectivity index (χ2n) is 8.01. The molecule has 2 saturated heterocycles. The summed E-state index contributed by atoms with van der Waals surface area (Å²) >= 11 is 1.49. The highest BCUT2D eigenvalue weighted by atomic mass is 32.1. The van der Waals surface area contributed by atoms with Crippen molar-refractivity contribution in [2.24, 2.45) is 5.92 Å². The van der Waals surface area contributed by atoms with Crippen molar-refractivity contribution in [1.82, 2.24) is 20.2 Å². The van der Waals surface area contributed by atoms with Crippen LogP contribution in [0.25, 0.3) is 0 Å². The van der Waals surface area contributed by atoms with E-state index in [9.17, 15) is 4.79 Å². The summed E-state index contributed by atoms with van der Waals surface area (Å²) in [7, 11) is 0. The van der Waals surface area contributed by atoms with E-state index in [1.54, 1.807) is 18.6 Å². The smallest absolute Gasteiger partial charge is 0.263 e. The molecule has 4 rings (SSSR count). The molecule has 7 heteroatoms. The van der Waals surface area contributed by atoms with Crippen LogP contribution in [0.15, 0.2) is 30.7 Å². The number of anilines is 1. The van der Waals surface area contributed by atoms with Crippen molar-refractivity contribution in [3.05, 3.63) is 41.2 Å². The number of carbonyl (C=O) groups is 1. The predicted molar refractivity (Wildman–Crippen MR) is 113 cm³/mol. The zero-order chi connectivity index (χ0) is 19.3. The summed E-state index contributed by atoms with van der Waals surface area (Å²) in [6.45, 7) is 7.42. The Bertz CT molecular complexity index is 772. The first-order chi connectivity index (χ1) is 13.7. The molecule has 150 valence electrons. The molecule has 0 aromatic carbocycles. The summed E-state index contributed by atoms with van der Waals surface area (Å²) in [5.74, 6) is 0.767. The van der Waals surface area contributed by atoms with Crippen LogP contribution >= 0.6 is 11.3 Å². The Morgan fingerprint density at radius 3 is 2.86 bits per heavy atom. The lowest BCUT2D eigenvalue weighted by molar-refractivity contribution is 0.0954. The minimum absolute atomic E-state index is 0.0650. The number of nitrogens with zero attached hydrogens (tertiary/aromatic N) is 4. The molecule has 0 saturated carbocycles. The van der Waals surface area contributed by atoms with Gasteiger partial charge in [0.25, 0.3) is 5.91 Å². The first-order valence-electron chi connectivity index (χ1n) is 10.3. The lowest BCUT2D eigenvalue weighted by atomic mass is 9.95. The molecule has 4 heterocycles. The molecule has 0 spiro atoms. The molecule has 1 atom stereocenters. The molecule has 2 fully saturated rings. The van der Waals surface area contributed by atoms with Crippen molar-refractivity contribution >= 4 is 22.4 Å². The van der Waals surface area contributed by atoms with E-state index >= 15 is 0 Å². The minimum atomic E-state index is -0.0650. The molecule has 0 bridgehead atoms. The summed E-state index contributed by atoms with van der Waals surface area (Å²) in [4.78, 5) is 26.7. The van der Waals surface area contributed by atoms with Crippen molar-refractivity contribution in [3.8, 4) is 0 Å². The zero-order valence-electron chi connectivity index (χ0n) is 16.5. The number of thiazole rings is 1. The van der Waals surface area contributed by atoms with Gasteiger partial charge in [0.2, 0.25) is 0 Å². The number of rotatable bonds is 5. The molecule has 2 aromatic rings. The topological polar surface area (TPSA) is 61.4 Å². The molecular weight excluding hydrogens is 370 g/mol. The fourth-order valence-electron chi connectivity index (χ4n) is 4.27. The Kier molecular flexibility index (Phi) is 6.22. The highest BCUT2D eigenvalue weighted by Gasteiger charge is 2.28. The first kappa shape index (κ1) is 19.3. The van der Waals surface area contributed by atoms with Gasteiger partial charge in [-0.25, -0.2) is 4.98 Å². The maximum atomic E-state index is 12.4. The standard InChI is InChI=1S/C21H29N5OS/c1-16-4-3-9-26(15-16)18-6-10-25(11-7-18)21-24-14-19(28-21)20(27)23-13-17-5-2-8-22-12-17/h2,5,8,12,14,16,18H,3-4,6-7,9-11,13,15H2,1H3,(H,23,27)/t16-/m1/s1. The number of carbonyl (C=O) groups excluding carboxylic acids is 1. The van der Waals surface area contributed by atoms with Gasteiger partial charge in [0.1, 0.15) is 4.88 Å². The molecule has 0 unspecified atom stereocenters. The van der Waals surface area contributed by atoms with Crippen LogP contribution < -0.4 is 10.2 Å². The highest BCUT2D eigenvalue weighted by Crippen LogP contribution is 2.28. The lowest BCUT2D eigenvalue weighted by Gasteiger charge is -2.41. The van der Waals surface area contributed by atoms with Crippen molar-refractivity contribution in [1.29, 1.82) is 0 Å². The van der Waals surface area contributed by atoms with Gasteiger partial charge in [0, 0.05) is 44.6 Å². The molecule has 0 aliphatic carbocycles. The Morgan fingerprint density at radius 2 is 2.11 bits per heavy atom. The Hall–Kier alpha value is -1.99. The first-order valence-corrected chi connectivity index (χ1v) is 11.1. The van der Waals surface area contributed by atoms with Gasteiger partial charge in [-0.05, 0) is 49.8 Å². The Morgan fingerprint density at radius 1 is 1.25 bits per heavy atom. The van der Waals surface area contributed by atoms with E-state index in [1.165, 1.54) is 50.1 Å². The lowest BCUT2D eigenvalue weighted by Crippen LogP contribution is -2.48. The van der Waals surface area contributed by atoms with E-state index in [-0.39, 0.29) is 5.91 Å². The third-order valence-corrected chi connectivity index (χ3v) is 6.89. The average Bonchev–Trinajstić information content (AvgIpc) is 3.23. The van der Waals surface area contributed by atoms with Crippen molar-refractivity contribution in [3.63, 3.8) is 0 Å². The molecule has 1 amide bonds. The zero-order valence-corrected chi connectivity index (χ0v) is 17.3. The Labute approximate surface area is 171 Å². The van der Waals surface area contributed by atoms with Gasteiger partial charge in [0.15, 0.2) is 5.13 Å². The van der Waals surface area contributed by atoms with Gasteiger partial charge >= 0.3 is 0 Å². The fraction of sp³-hybridized carbons (Fsp3) is 0.571. The summed E-state index contributed by atoms with van der Waals surface area (Å²) in [6, 6.07) is 4.54. The van der Waals surface area contributed by atoms with E-state index < -0.39 is 0 Å². The summed E-state index contributed by atoms with van der Waals surface area (Å²) in [5.41, 5.74) is 0.995. The molecule has 2 aliphatic heterocycles. The van der Waals surface area contributed by atoms with Gasteiger partial charge in [-0.15, -0.1) is 0 Å². The predicted octanol–water partition coefficient (Wildman–Crippen LogP) is 3.17. The molecule has 2 aromatic heterocycles. The van der Waals surface area contributed by atoms with E-state index in [1.807, 2.05) is 12.1 Å². The monoisotopic (exact) mass is 399 g/mol. The molecule has 28 heavy (non-hydrogen) atoms. The number of amides is 1. The molecule has 0 radical (unpaired) electrons. The molecule has 6 nitrogen and oxygen atoms in total. The fourth-order valence-corrected chi connectivity index (χ4v) is 5.15. The summed E-state index contributed by atoms with van der Waals surface area (Å²) in [5, 5.41) is 3.92. The van der Waals surface area contributed by atoms with Crippen molar-refractivity contribution in [2.75, 3.05) is 31.1 Å². The number of likely N-dealkylation sites (tertiary alicyclic amines) is 1. The van der Waals surface area contributed by atoms with Crippen LogP contribution in [-0.2, 0) is 6.54 Å². The number of pyridine rings is 1. The van der Waals surface area contributed by atoms with Crippen LogP contribution in [0.3, 0.4) is 0 Å². The maximum Gasteiger partial charge on any atom is 0.263 e. The largest absolute Gasteiger partial charge is 0.348 e. The van der Waals surface area contributed by atoms with Gasteiger partial charge < -0.3 is 10.2 Å². The van der Waals surface area contributed by atoms with Gasteiger partial charge in [-0.1, -0.05) is 24.3 Å². The quantitative estimate of drug-likeness (QED) is 0.837. The second-order valence-corrected chi connectivity index (χ2v) is 9.02. The minimum Gasteiger partial charge on any atom is -0.348 e. The molecule has 2 aliphatic rings. The average molecular weight is 400 g/mol. The van der Waals surface area contributed by atoms with E-state index in [0.717, 1.165) is 29.7 Å². The number of aromatic nitrogens is 2. The summed E-state index contributed by atoms with van der Waals surface area (Å²) in [6.07, 6.45) is 10.3. The number of hydrogen-bond donors (Lipinski definition) is 1. The summed E-state index contributed by atoms with van der Waals surface area (Å²) < 4.78 is 0. The maximum absolute atomic E-state index is 12.4. The van der Waals surface area contributed by atoms with Crippen molar-refractivity contribution in [2.45, 2.75) is 45.2 Å². The van der Waals surface area contributed by atoms with Crippen LogP contribution in [-0.4, -0.2) is 53.0 Å². The highest BCUT2D eigenvalue weighted by molar-refractivity contribution is 7.17. The van der Waals surface area contributed by atoms with Crippen LogP contribution in [0.1, 0.15) is 47.8 Å². The Balaban J connectivity index is 1.28. The van der Waals surface area contributed by atoms with Crippen LogP contribution in [0.5, 0.6) is 0 Å². The molecular formula is C21H29N5OS. The van der Waals surface area contributed by atoms with Crippen molar-refractivity contribution < 1.29 is 4.79 Å². The van der Waals surface area contributed by atoms with Crippen LogP contribution in [0.4, 0.5) is 5.13 Å². The van der Waals surface area contributed by atoms with Crippen LogP contribution in [0, 0.1) is 5.92 Å². The van der Waals surface area contributed by atoms with Gasteiger partial charge in [-0.2, -0.15) is 0 Å². The van der Waals surface area contributed by atoms with Crippen LogP contribution in [0.2, 0.25) is 0 Å². The number of hydrogen-bond acceptors (Lipinski definition) is 6. The number of nitrogens with one attached hydrogen (secondary N) is 1. The molecule has 1 N–H and O–H groups in total. The third-order valence-electron chi connectivity index (χ3n) is 5.83. The SMILES string of the molecule is C[C@@H]1CCCN(C2CCN(c3ncc(C(=O)NCc4cccnc4)s3)CC2)C1. The van der Waals surface area contributed by atoms with E-state index in [2.05, 4.69) is 32.0 Å². The third kappa shape index (κ3) is 4.70. The van der Waals surface area contributed by atoms with Gasteiger partial charge in [0.05, 0.1) is 6.20 Å². The van der Waals surface area contributed by atoms with E-state index in [0.29, 0.717) is 17.5 Å². The number of piperidine rings is 2. The second kappa shape index (κ2) is 9.01.